The van der Waals surface area contributed by atoms with E-state index in [1.807, 2.05) is 4.90 Å². The maximum absolute atomic E-state index is 12.0. The number of nitrogens with one attached hydrogen (secondary N) is 1. The highest BCUT2D eigenvalue weighted by Crippen LogP contribution is 2.15. The molecule has 17 heavy (non-hydrogen) atoms. The molecule has 1 aliphatic heterocycles. The summed E-state index contributed by atoms with van der Waals surface area (Å²) in [7, 11) is 1.64. The van der Waals surface area contributed by atoms with Gasteiger partial charge in [-0.05, 0) is 31.7 Å². The highest BCUT2D eigenvalue weighted by molar-refractivity contribution is 5.74. The van der Waals surface area contributed by atoms with Crippen molar-refractivity contribution in [1.29, 1.82) is 0 Å². The zero-order valence-corrected chi connectivity index (χ0v) is 10.9. The summed E-state index contributed by atoms with van der Waals surface area (Å²) in [6, 6.07) is 0.0433. The largest absolute Gasteiger partial charge is 0.383 e. The summed E-state index contributed by atoms with van der Waals surface area (Å²) < 4.78 is 5.08. The molecular formula is C12H25N3O2. The molecule has 0 spiro atoms. The van der Waals surface area contributed by atoms with E-state index in [-0.39, 0.29) is 12.1 Å². The van der Waals surface area contributed by atoms with Crippen LogP contribution in [0.1, 0.15) is 26.2 Å². The number of carbonyl (C=O) groups is 1. The minimum Gasteiger partial charge on any atom is -0.383 e. The van der Waals surface area contributed by atoms with E-state index in [0.29, 0.717) is 19.1 Å². The van der Waals surface area contributed by atoms with Crippen molar-refractivity contribution in [2.75, 3.05) is 33.4 Å². The zero-order chi connectivity index (χ0) is 12.7. The van der Waals surface area contributed by atoms with Crippen LogP contribution >= 0.6 is 0 Å². The molecule has 1 heterocycles. The van der Waals surface area contributed by atoms with Gasteiger partial charge in [-0.1, -0.05) is 6.92 Å². The standard InChI is InChI=1S/C12H25N3O2/c1-10-4-3-7-15(8-10)12(16)14-11(5-6-13)9-17-2/h10-11H,3-9,13H2,1-2H3,(H,14,16). The third-order valence-electron chi connectivity index (χ3n) is 3.15. The Kier molecular flexibility index (Phi) is 6.29. The second-order valence-electron chi connectivity index (χ2n) is 4.87. The highest BCUT2D eigenvalue weighted by atomic mass is 16.5. The van der Waals surface area contributed by atoms with Crippen molar-refractivity contribution < 1.29 is 9.53 Å². The molecule has 2 amide bonds. The van der Waals surface area contributed by atoms with E-state index in [2.05, 4.69) is 12.2 Å². The Labute approximate surface area is 104 Å². The molecule has 1 aliphatic rings. The molecule has 1 rings (SSSR count). The number of likely N-dealkylation sites (tertiary alicyclic amines) is 1. The third kappa shape index (κ3) is 4.91. The van der Waals surface area contributed by atoms with Gasteiger partial charge in [0.05, 0.1) is 12.6 Å². The average Bonchev–Trinajstić information content (AvgIpc) is 2.29. The molecule has 0 aliphatic carbocycles. The molecule has 1 saturated heterocycles. The Morgan fingerprint density at radius 1 is 1.65 bits per heavy atom. The number of rotatable bonds is 5. The number of nitrogens with two attached hydrogens (primary N) is 1. The molecule has 0 aromatic heterocycles. The van der Waals surface area contributed by atoms with Crippen LogP contribution in [-0.2, 0) is 4.74 Å². The van der Waals surface area contributed by atoms with Gasteiger partial charge in [0.25, 0.3) is 0 Å². The van der Waals surface area contributed by atoms with Crippen LogP contribution in [0.5, 0.6) is 0 Å². The van der Waals surface area contributed by atoms with Gasteiger partial charge in [-0.3, -0.25) is 0 Å². The number of hydrogen-bond acceptors (Lipinski definition) is 3. The number of carbonyl (C=O) groups excluding carboxylic acids is 1. The van der Waals surface area contributed by atoms with E-state index in [1.165, 1.54) is 6.42 Å². The minimum atomic E-state index is 0.0204. The molecule has 3 N–H and O–H groups in total. The first-order valence-electron chi connectivity index (χ1n) is 6.41. The molecule has 100 valence electrons. The van der Waals surface area contributed by atoms with Crippen LogP contribution in [0.2, 0.25) is 0 Å². The van der Waals surface area contributed by atoms with Gasteiger partial charge >= 0.3 is 6.03 Å². The predicted molar refractivity (Wildman–Crippen MR) is 67.8 cm³/mol. The Morgan fingerprint density at radius 2 is 2.41 bits per heavy atom. The summed E-state index contributed by atoms with van der Waals surface area (Å²) >= 11 is 0. The molecule has 0 aromatic rings. The van der Waals surface area contributed by atoms with Crippen molar-refractivity contribution in [2.45, 2.75) is 32.2 Å². The lowest BCUT2D eigenvalue weighted by molar-refractivity contribution is 0.142. The van der Waals surface area contributed by atoms with Crippen molar-refractivity contribution in [2.24, 2.45) is 11.7 Å². The van der Waals surface area contributed by atoms with Gasteiger partial charge in [-0.25, -0.2) is 4.79 Å². The summed E-state index contributed by atoms with van der Waals surface area (Å²) in [5.41, 5.74) is 5.52. The molecule has 0 saturated carbocycles. The second kappa shape index (κ2) is 7.50. The molecule has 2 unspecified atom stereocenters. The van der Waals surface area contributed by atoms with Gasteiger partial charge in [0.15, 0.2) is 0 Å². The normalized spacial score (nSPS) is 22.3. The van der Waals surface area contributed by atoms with E-state index in [1.54, 1.807) is 7.11 Å². The van der Waals surface area contributed by atoms with Crippen LogP contribution in [0.3, 0.4) is 0 Å². The Hall–Kier alpha value is -0.810. The highest BCUT2D eigenvalue weighted by Gasteiger charge is 2.22. The van der Waals surface area contributed by atoms with Crippen LogP contribution in [0.25, 0.3) is 0 Å². The fraction of sp³-hybridized carbons (Fsp3) is 0.917. The molecule has 2 atom stereocenters. The van der Waals surface area contributed by atoms with Gasteiger partial charge in [-0.15, -0.1) is 0 Å². The van der Waals surface area contributed by atoms with Crippen LogP contribution in [-0.4, -0.2) is 50.3 Å². The SMILES string of the molecule is COCC(CCN)NC(=O)N1CCCC(C)C1. The lowest BCUT2D eigenvalue weighted by Gasteiger charge is -2.32. The number of urea groups is 1. The van der Waals surface area contributed by atoms with Gasteiger partial charge in [0.1, 0.15) is 0 Å². The Morgan fingerprint density at radius 3 is 3.00 bits per heavy atom. The molecule has 5 heteroatoms. The van der Waals surface area contributed by atoms with E-state index in [0.717, 1.165) is 25.9 Å². The van der Waals surface area contributed by atoms with Crippen LogP contribution in [0, 0.1) is 5.92 Å². The Bertz CT molecular complexity index is 230. The maximum atomic E-state index is 12.0. The van der Waals surface area contributed by atoms with Crippen molar-refractivity contribution in [3.8, 4) is 0 Å². The molecule has 1 fully saturated rings. The number of ether oxygens (including phenoxy) is 1. The minimum absolute atomic E-state index is 0.0204. The number of methoxy groups -OCH3 is 1. The quantitative estimate of drug-likeness (QED) is 0.750. The first-order chi connectivity index (χ1) is 8.17. The van der Waals surface area contributed by atoms with Gasteiger partial charge in [0, 0.05) is 20.2 Å². The fourth-order valence-electron chi connectivity index (χ4n) is 2.24. The summed E-state index contributed by atoms with van der Waals surface area (Å²) in [6.07, 6.45) is 3.07. The molecule has 0 radical (unpaired) electrons. The van der Waals surface area contributed by atoms with Crippen LogP contribution in [0.15, 0.2) is 0 Å². The number of piperidine rings is 1. The first kappa shape index (κ1) is 14.3. The summed E-state index contributed by atoms with van der Waals surface area (Å²) in [4.78, 5) is 13.9. The van der Waals surface area contributed by atoms with Crippen LogP contribution < -0.4 is 11.1 Å². The third-order valence-corrected chi connectivity index (χ3v) is 3.15. The van der Waals surface area contributed by atoms with E-state index in [9.17, 15) is 4.79 Å². The van der Waals surface area contributed by atoms with Gasteiger partial charge < -0.3 is 20.7 Å². The fourth-order valence-corrected chi connectivity index (χ4v) is 2.24. The molecular weight excluding hydrogens is 218 g/mol. The van der Waals surface area contributed by atoms with Gasteiger partial charge in [-0.2, -0.15) is 0 Å². The smallest absolute Gasteiger partial charge is 0.317 e. The maximum Gasteiger partial charge on any atom is 0.317 e. The summed E-state index contributed by atoms with van der Waals surface area (Å²) in [5.74, 6) is 0.602. The van der Waals surface area contributed by atoms with Gasteiger partial charge in [0.2, 0.25) is 0 Å². The van der Waals surface area contributed by atoms with E-state index < -0.39 is 0 Å². The molecule has 0 bridgehead atoms. The van der Waals surface area contributed by atoms with E-state index >= 15 is 0 Å². The number of nitrogens with zero attached hydrogens (tertiary/aromatic N) is 1. The van der Waals surface area contributed by atoms with Crippen molar-refractivity contribution in [1.82, 2.24) is 10.2 Å². The second-order valence-corrected chi connectivity index (χ2v) is 4.87. The Balaban J connectivity index is 2.39. The zero-order valence-electron chi connectivity index (χ0n) is 10.9. The lowest BCUT2D eigenvalue weighted by atomic mass is 10.0. The van der Waals surface area contributed by atoms with Crippen molar-refractivity contribution >= 4 is 6.03 Å². The topological polar surface area (TPSA) is 67.6 Å². The monoisotopic (exact) mass is 243 g/mol. The number of hydrogen-bond donors (Lipinski definition) is 2. The van der Waals surface area contributed by atoms with Crippen molar-refractivity contribution in [3.63, 3.8) is 0 Å². The predicted octanol–water partition coefficient (Wildman–Crippen LogP) is 0.792. The molecule has 0 aromatic carbocycles. The van der Waals surface area contributed by atoms with Crippen molar-refractivity contribution in [3.05, 3.63) is 0 Å². The number of amides is 2. The molecule has 5 nitrogen and oxygen atoms in total. The first-order valence-corrected chi connectivity index (χ1v) is 6.41. The van der Waals surface area contributed by atoms with E-state index in [4.69, 9.17) is 10.5 Å². The summed E-state index contributed by atoms with van der Waals surface area (Å²) in [6.45, 7) is 4.98. The lowest BCUT2D eigenvalue weighted by Crippen LogP contribution is -2.49. The average molecular weight is 243 g/mol. The summed E-state index contributed by atoms with van der Waals surface area (Å²) in [5, 5.41) is 2.99. The van der Waals surface area contributed by atoms with Crippen LogP contribution in [0.4, 0.5) is 4.79 Å².